The molecule has 4 nitrogen and oxygen atoms in total. The molecule has 0 bridgehead atoms. The highest BCUT2D eigenvalue weighted by atomic mass is 32.2. The number of hydrogen-bond acceptors (Lipinski definition) is 4. The fourth-order valence-corrected chi connectivity index (χ4v) is 0.801. The number of nitrogens with zero attached hydrogens (tertiary/aromatic N) is 3. The molecule has 0 spiro atoms. The Balaban J connectivity index is 3.17. The van der Waals surface area contributed by atoms with Crippen molar-refractivity contribution in [2.24, 2.45) is 7.05 Å². The van der Waals surface area contributed by atoms with Crippen LogP contribution in [0.4, 0.5) is 0 Å². The van der Waals surface area contributed by atoms with Crippen LogP contribution in [0.2, 0.25) is 0 Å². The van der Waals surface area contributed by atoms with Crippen LogP contribution in [0, 0.1) is 0 Å². The van der Waals surface area contributed by atoms with Gasteiger partial charge in [-0.2, -0.15) is 10.1 Å². The Hall–Kier alpha value is -0.840. The minimum absolute atomic E-state index is 0.313. The Bertz CT molecular complexity index is 282. The molecular formula is C5H7N3OS. The molecular weight excluding hydrogens is 150 g/mol. The van der Waals surface area contributed by atoms with Crippen molar-refractivity contribution in [3.63, 3.8) is 0 Å². The van der Waals surface area contributed by atoms with Crippen LogP contribution in [0.15, 0.2) is 16.0 Å². The van der Waals surface area contributed by atoms with E-state index in [9.17, 15) is 4.79 Å². The van der Waals surface area contributed by atoms with Crippen molar-refractivity contribution in [1.82, 2.24) is 14.8 Å². The molecule has 10 heavy (non-hydrogen) atoms. The lowest BCUT2D eigenvalue weighted by molar-refractivity contribution is 0.652. The summed E-state index contributed by atoms with van der Waals surface area (Å²) in [7, 11) is 1.57. The molecule has 0 saturated heterocycles. The Morgan fingerprint density at radius 3 is 2.90 bits per heavy atom. The highest BCUT2D eigenvalue weighted by Gasteiger charge is 1.94. The van der Waals surface area contributed by atoms with Crippen LogP contribution in [0.1, 0.15) is 0 Å². The molecule has 1 aromatic heterocycles. The van der Waals surface area contributed by atoms with Crippen molar-refractivity contribution in [2.75, 3.05) is 6.26 Å². The highest BCUT2D eigenvalue weighted by Crippen LogP contribution is 2.04. The van der Waals surface area contributed by atoms with Gasteiger partial charge in [-0.1, -0.05) is 0 Å². The van der Waals surface area contributed by atoms with Crippen LogP contribution < -0.4 is 5.69 Å². The van der Waals surface area contributed by atoms with E-state index in [1.165, 1.54) is 16.4 Å². The minimum atomic E-state index is -0.313. The first-order valence-corrected chi connectivity index (χ1v) is 3.91. The molecule has 0 fully saturated rings. The van der Waals surface area contributed by atoms with Crippen LogP contribution >= 0.6 is 11.8 Å². The second kappa shape index (κ2) is 2.83. The van der Waals surface area contributed by atoms with Crippen molar-refractivity contribution >= 4 is 11.8 Å². The standard InChI is InChI=1S/C5H7N3OS/c1-8-5(9)7-4(10-2)3-6-8/h3H,1-2H3. The third-order valence-corrected chi connectivity index (χ3v) is 1.65. The zero-order valence-electron chi connectivity index (χ0n) is 5.74. The van der Waals surface area contributed by atoms with Crippen molar-refractivity contribution in [1.29, 1.82) is 0 Å². The van der Waals surface area contributed by atoms with Crippen molar-refractivity contribution in [3.05, 3.63) is 16.7 Å². The lowest BCUT2D eigenvalue weighted by Crippen LogP contribution is -2.22. The monoisotopic (exact) mass is 157 g/mol. The van der Waals surface area contributed by atoms with Crippen LogP contribution in [-0.2, 0) is 7.05 Å². The Labute approximate surface area is 62.3 Å². The average molecular weight is 157 g/mol. The molecule has 54 valence electrons. The summed E-state index contributed by atoms with van der Waals surface area (Å²) in [4.78, 5) is 14.5. The Kier molecular flexibility index (Phi) is 2.06. The van der Waals surface area contributed by atoms with Gasteiger partial charge in [-0.3, -0.25) is 0 Å². The summed E-state index contributed by atoms with van der Waals surface area (Å²) in [5, 5.41) is 4.43. The summed E-state index contributed by atoms with van der Waals surface area (Å²) in [6, 6.07) is 0. The average Bonchev–Trinajstić information content (AvgIpc) is 1.95. The van der Waals surface area contributed by atoms with E-state index >= 15 is 0 Å². The molecule has 0 atom stereocenters. The number of thioether (sulfide) groups is 1. The lowest BCUT2D eigenvalue weighted by Gasteiger charge is -1.94. The fraction of sp³-hybridized carbons (Fsp3) is 0.400. The van der Waals surface area contributed by atoms with E-state index in [2.05, 4.69) is 10.1 Å². The smallest absolute Gasteiger partial charge is 0.244 e. The van der Waals surface area contributed by atoms with Crippen LogP contribution in [0.3, 0.4) is 0 Å². The first-order chi connectivity index (χ1) is 4.74. The van der Waals surface area contributed by atoms with E-state index < -0.39 is 0 Å². The number of aromatic nitrogens is 3. The van der Waals surface area contributed by atoms with Gasteiger partial charge in [0.05, 0.1) is 6.20 Å². The van der Waals surface area contributed by atoms with Crippen LogP contribution in [0.5, 0.6) is 0 Å². The quantitative estimate of drug-likeness (QED) is 0.534. The molecule has 1 aromatic rings. The molecule has 0 aliphatic heterocycles. The van der Waals surface area contributed by atoms with Crippen molar-refractivity contribution in [2.45, 2.75) is 5.03 Å². The van der Waals surface area contributed by atoms with Gasteiger partial charge < -0.3 is 0 Å². The minimum Gasteiger partial charge on any atom is -0.244 e. The maximum absolute atomic E-state index is 10.8. The third-order valence-electron chi connectivity index (χ3n) is 1.03. The van der Waals surface area contributed by atoms with Gasteiger partial charge in [0.2, 0.25) is 0 Å². The first kappa shape index (κ1) is 7.27. The summed E-state index contributed by atoms with van der Waals surface area (Å²) in [5.74, 6) is 0. The largest absolute Gasteiger partial charge is 0.364 e. The zero-order chi connectivity index (χ0) is 7.56. The first-order valence-electron chi connectivity index (χ1n) is 2.68. The lowest BCUT2D eigenvalue weighted by atomic mass is 10.9. The summed E-state index contributed by atoms with van der Waals surface area (Å²) in [6.07, 6.45) is 3.41. The second-order valence-corrected chi connectivity index (χ2v) is 2.53. The molecule has 0 unspecified atom stereocenters. The van der Waals surface area contributed by atoms with Gasteiger partial charge in [-0.05, 0) is 6.26 Å². The molecule has 0 aliphatic rings. The topological polar surface area (TPSA) is 47.8 Å². The van der Waals surface area contributed by atoms with Gasteiger partial charge in [0.15, 0.2) is 0 Å². The molecule has 0 N–H and O–H groups in total. The number of aryl methyl sites for hydroxylation is 1. The molecule has 1 rings (SSSR count). The molecule has 0 radical (unpaired) electrons. The van der Waals surface area contributed by atoms with Gasteiger partial charge in [-0.15, -0.1) is 11.8 Å². The van der Waals surface area contributed by atoms with E-state index in [4.69, 9.17) is 0 Å². The van der Waals surface area contributed by atoms with E-state index in [1.54, 1.807) is 13.2 Å². The highest BCUT2D eigenvalue weighted by molar-refractivity contribution is 7.98. The number of rotatable bonds is 1. The van der Waals surface area contributed by atoms with Gasteiger partial charge in [0.1, 0.15) is 5.03 Å². The molecule has 5 heteroatoms. The predicted molar refractivity (Wildman–Crippen MR) is 39.1 cm³/mol. The van der Waals surface area contributed by atoms with Crippen molar-refractivity contribution in [3.8, 4) is 0 Å². The maximum Gasteiger partial charge on any atom is 0.364 e. The third kappa shape index (κ3) is 1.36. The van der Waals surface area contributed by atoms with Gasteiger partial charge >= 0.3 is 5.69 Å². The van der Waals surface area contributed by atoms with Crippen LogP contribution in [-0.4, -0.2) is 21.0 Å². The van der Waals surface area contributed by atoms with Gasteiger partial charge in [0.25, 0.3) is 0 Å². The molecule has 0 aliphatic carbocycles. The van der Waals surface area contributed by atoms with Crippen LogP contribution in [0.25, 0.3) is 0 Å². The van der Waals surface area contributed by atoms with E-state index in [0.717, 1.165) is 0 Å². The molecule has 0 aromatic carbocycles. The normalized spacial score (nSPS) is 9.80. The van der Waals surface area contributed by atoms with Crippen molar-refractivity contribution < 1.29 is 0 Å². The zero-order valence-corrected chi connectivity index (χ0v) is 6.55. The summed E-state index contributed by atoms with van der Waals surface area (Å²) >= 11 is 1.40. The fourth-order valence-electron chi connectivity index (χ4n) is 0.479. The second-order valence-electron chi connectivity index (χ2n) is 1.70. The van der Waals surface area contributed by atoms with E-state index in [1.807, 2.05) is 6.26 Å². The van der Waals surface area contributed by atoms with E-state index in [-0.39, 0.29) is 5.69 Å². The summed E-state index contributed by atoms with van der Waals surface area (Å²) in [5.41, 5.74) is -0.313. The molecule has 0 amide bonds. The van der Waals surface area contributed by atoms with Gasteiger partial charge in [0, 0.05) is 7.05 Å². The summed E-state index contributed by atoms with van der Waals surface area (Å²) < 4.78 is 1.19. The van der Waals surface area contributed by atoms with E-state index in [0.29, 0.717) is 5.03 Å². The molecule has 0 saturated carbocycles. The SMILES string of the molecule is CSc1cnn(C)c(=O)n1. The Morgan fingerprint density at radius 2 is 2.40 bits per heavy atom. The summed E-state index contributed by atoms with van der Waals surface area (Å²) in [6.45, 7) is 0. The maximum atomic E-state index is 10.8. The number of hydrogen-bond donors (Lipinski definition) is 0. The predicted octanol–water partition coefficient (Wildman–Crippen LogP) is -0.103. The molecule has 1 heterocycles. The van der Waals surface area contributed by atoms with Gasteiger partial charge in [-0.25, -0.2) is 9.48 Å². The Morgan fingerprint density at radius 1 is 1.70 bits per heavy atom.